The molecule has 1 aliphatic heterocycles. The van der Waals surface area contributed by atoms with Gasteiger partial charge < -0.3 is 19.5 Å². The minimum atomic E-state index is -0.199. The first-order valence-corrected chi connectivity index (χ1v) is 13.9. The van der Waals surface area contributed by atoms with Crippen molar-refractivity contribution < 1.29 is 19.0 Å². The van der Waals surface area contributed by atoms with E-state index >= 15 is 0 Å². The fraction of sp³-hybridized carbons (Fsp3) is 0.235. The minimum absolute atomic E-state index is 0.199. The highest BCUT2D eigenvalue weighted by molar-refractivity contribution is 6.14. The number of para-hydroxylation sites is 2. The maximum Gasteiger partial charge on any atom is 0.257 e. The molecule has 208 valence electrons. The zero-order chi connectivity index (χ0) is 28.2. The second kappa shape index (κ2) is 11.9. The molecule has 1 amide bonds. The van der Waals surface area contributed by atoms with E-state index < -0.39 is 0 Å². The fourth-order valence-electron chi connectivity index (χ4n) is 5.47. The number of hydrogen-bond acceptors (Lipinski definition) is 6. The van der Waals surface area contributed by atoms with Gasteiger partial charge in [-0.3, -0.25) is 9.69 Å². The van der Waals surface area contributed by atoms with E-state index in [1.165, 1.54) is 11.1 Å². The number of ether oxygens (including phenoxy) is 3. The highest BCUT2D eigenvalue weighted by Crippen LogP contribution is 2.34. The third-order valence-corrected chi connectivity index (χ3v) is 7.60. The van der Waals surface area contributed by atoms with E-state index in [0.717, 1.165) is 71.7 Å². The lowest BCUT2D eigenvalue weighted by atomic mass is 9.98. The van der Waals surface area contributed by atoms with E-state index in [0.29, 0.717) is 17.7 Å². The zero-order valence-electron chi connectivity index (χ0n) is 23.4. The number of amides is 1. The van der Waals surface area contributed by atoms with Gasteiger partial charge in [0.1, 0.15) is 5.75 Å². The number of aromatic nitrogens is 1. The van der Waals surface area contributed by atoms with Crippen LogP contribution in [0, 0.1) is 0 Å². The fourth-order valence-corrected chi connectivity index (χ4v) is 5.47. The number of nitrogens with one attached hydrogen (secondary N) is 1. The van der Waals surface area contributed by atoms with Crippen LogP contribution in [0.2, 0.25) is 0 Å². The van der Waals surface area contributed by atoms with Crippen LogP contribution in [-0.2, 0) is 13.0 Å². The predicted molar refractivity (Wildman–Crippen MR) is 162 cm³/mol. The van der Waals surface area contributed by atoms with Crippen LogP contribution in [0.4, 0.5) is 5.69 Å². The summed E-state index contributed by atoms with van der Waals surface area (Å²) >= 11 is 0. The van der Waals surface area contributed by atoms with Gasteiger partial charge in [-0.1, -0.05) is 36.4 Å². The van der Waals surface area contributed by atoms with Gasteiger partial charge in [-0.15, -0.1) is 0 Å². The molecular formula is C34H33N3O4. The number of carbonyl (C=O) groups excluding carboxylic acids is 1. The maximum atomic E-state index is 13.3. The van der Waals surface area contributed by atoms with Gasteiger partial charge in [0.15, 0.2) is 11.5 Å². The van der Waals surface area contributed by atoms with Crippen LogP contribution in [0.5, 0.6) is 17.2 Å². The van der Waals surface area contributed by atoms with Crippen LogP contribution >= 0.6 is 0 Å². The molecular weight excluding hydrogens is 514 g/mol. The van der Waals surface area contributed by atoms with Gasteiger partial charge in [-0.05, 0) is 72.5 Å². The molecule has 0 saturated heterocycles. The first kappa shape index (κ1) is 26.6. The predicted octanol–water partition coefficient (Wildman–Crippen LogP) is 6.48. The van der Waals surface area contributed by atoms with Crippen molar-refractivity contribution in [3.8, 4) is 17.2 Å². The molecule has 7 nitrogen and oxygen atoms in total. The first-order chi connectivity index (χ1) is 20.1. The largest absolute Gasteiger partial charge is 0.493 e. The van der Waals surface area contributed by atoms with Crippen molar-refractivity contribution in [2.24, 2.45) is 0 Å². The quantitative estimate of drug-likeness (QED) is 0.168. The Morgan fingerprint density at radius 1 is 0.878 bits per heavy atom. The van der Waals surface area contributed by atoms with E-state index in [4.69, 9.17) is 19.2 Å². The van der Waals surface area contributed by atoms with Crippen molar-refractivity contribution in [2.75, 3.05) is 39.2 Å². The molecule has 5 aromatic rings. The molecule has 0 fully saturated rings. The SMILES string of the molecule is COc1cc2c(cc1OC)CN(CCCOc1ccc(C(=O)Nc3ccccc3)c3nc4ccccc4cc13)CC2. The van der Waals surface area contributed by atoms with Crippen molar-refractivity contribution >= 4 is 33.4 Å². The van der Waals surface area contributed by atoms with Gasteiger partial charge in [-0.25, -0.2) is 4.98 Å². The summed E-state index contributed by atoms with van der Waals surface area (Å²) in [6, 6.07) is 27.3. The lowest BCUT2D eigenvalue weighted by molar-refractivity contribution is 0.102. The number of hydrogen-bond donors (Lipinski definition) is 1. The monoisotopic (exact) mass is 547 g/mol. The Bertz CT molecular complexity index is 1700. The van der Waals surface area contributed by atoms with Crippen molar-refractivity contribution in [1.82, 2.24) is 9.88 Å². The standard InChI is InChI=1S/C34H33N3O4/c1-39-31-20-23-15-17-37(22-25(23)21-32(31)40-2)16-8-18-41-30-14-13-27(34(38)35-26-10-4-3-5-11-26)33-28(30)19-24-9-6-7-12-29(24)36-33/h3-7,9-14,19-21H,8,15-18,22H2,1-2H3,(H,35,38). The van der Waals surface area contributed by atoms with Crippen LogP contribution in [0.3, 0.4) is 0 Å². The van der Waals surface area contributed by atoms with Crippen LogP contribution < -0.4 is 19.5 Å². The molecule has 0 atom stereocenters. The number of anilines is 1. The van der Waals surface area contributed by atoms with E-state index in [9.17, 15) is 4.79 Å². The minimum Gasteiger partial charge on any atom is -0.493 e. The number of nitrogens with zero attached hydrogens (tertiary/aromatic N) is 2. The Morgan fingerprint density at radius 2 is 1.63 bits per heavy atom. The Morgan fingerprint density at radius 3 is 2.44 bits per heavy atom. The molecule has 4 aromatic carbocycles. The number of methoxy groups -OCH3 is 2. The zero-order valence-corrected chi connectivity index (χ0v) is 23.4. The maximum absolute atomic E-state index is 13.3. The first-order valence-electron chi connectivity index (χ1n) is 13.9. The summed E-state index contributed by atoms with van der Waals surface area (Å²) in [5.74, 6) is 2.09. The lowest BCUT2D eigenvalue weighted by Gasteiger charge is -2.29. The Hall–Kier alpha value is -4.62. The molecule has 0 radical (unpaired) electrons. The molecule has 41 heavy (non-hydrogen) atoms. The molecule has 0 unspecified atom stereocenters. The highest BCUT2D eigenvalue weighted by atomic mass is 16.5. The summed E-state index contributed by atoms with van der Waals surface area (Å²) in [5.41, 5.74) is 5.32. The molecule has 7 heteroatoms. The van der Waals surface area contributed by atoms with E-state index in [2.05, 4.69) is 28.4 Å². The molecule has 0 saturated carbocycles. The van der Waals surface area contributed by atoms with Crippen LogP contribution in [0.1, 0.15) is 27.9 Å². The summed E-state index contributed by atoms with van der Waals surface area (Å²) in [4.78, 5) is 20.6. The average molecular weight is 548 g/mol. The number of benzene rings is 4. The normalized spacial score (nSPS) is 13.1. The van der Waals surface area contributed by atoms with Gasteiger partial charge in [0, 0.05) is 36.1 Å². The molecule has 6 rings (SSSR count). The summed E-state index contributed by atoms with van der Waals surface area (Å²) < 4.78 is 17.3. The Labute approximate surface area is 239 Å². The molecule has 1 aromatic heterocycles. The topological polar surface area (TPSA) is 72.9 Å². The Balaban J connectivity index is 1.17. The van der Waals surface area contributed by atoms with Crippen molar-refractivity contribution in [3.05, 3.63) is 102 Å². The van der Waals surface area contributed by atoms with Crippen LogP contribution in [-0.4, -0.2) is 49.7 Å². The van der Waals surface area contributed by atoms with Gasteiger partial charge in [-0.2, -0.15) is 0 Å². The number of fused-ring (bicyclic) bond motifs is 3. The highest BCUT2D eigenvalue weighted by Gasteiger charge is 2.20. The van der Waals surface area contributed by atoms with Gasteiger partial charge in [0.2, 0.25) is 0 Å². The van der Waals surface area contributed by atoms with E-state index in [1.807, 2.05) is 60.7 Å². The molecule has 0 spiro atoms. The van der Waals surface area contributed by atoms with Crippen LogP contribution in [0.15, 0.2) is 84.9 Å². The second-order valence-electron chi connectivity index (χ2n) is 10.2. The number of carbonyl (C=O) groups is 1. The van der Waals surface area contributed by atoms with E-state index in [1.54, 1.807) is 20.3 Å². The van der Waals surface area contributed by atoms with Gasteiger partial charge in [0.05, 0.1) is 37.4 Å². The van der Waals surface area contributed by atoms with Gasteiger partial charge in [0.25, 0.3) is 5.91 Å². The summed E-state index contributed by atoms with van der Waals surface area (Å²) in [6.45, 7) is 3.35. The number of rotatable bonds is 9. The Kier molecular flexibility index (Phi) is 7.69. The van der Waals surface area contributed by atoms with Gasteiger partial charge >= 0.3 is 0 Å². The van der Waals surface area contributed by atoms with E-state index in [-0.39, 0.29) is 5.91 Å². The molecule has 0 bridgehead atoms. The summed E-state index contributed by atoms with van der Waals surface area (Å²) in [5, 5.41) is 4.82. The van der Waals surface area contributed by atoms with Crippen molar-refractivity contribution in [3.63, 3.8) is 0 Å². The number of pyridine rings is 1. The molecule has 2 heterocycles. The smallest absolute Gasteiger partial charge is 0.257 e. The second-order valence-corrected chi connectivity index (χ2v) is 10.2. The lowest BCUT2D eigenvalue weighted by Crippen LogP contribution is -2.32. The third-order valence-electron chi connectivity index (χ3n) is 7.60. The molecule has 0 aliphatic carbocycles. The third kappa shape index (κ3) is 5.67. The van der Waals surface area contributed by atoms with Crippen molar-refractivity contribution in [1.29, 1.82) is 0 Å². The summed E-state index contributed by atoms with van der Waals surface area (Å²) in [6.07, 6.45) is 1.85. The molecule has 1 N–H and O–H groups in total. The molecule has 1 aliphatic rings. The van der Waals surface area contributed by atoms with Crippen LogP contribution in [0.25, 0.3) is 21.8 Å². The van der Waals surface area contributed by atoms with Crippen molar-refractivity contribution in [2.45, 2.75) is 19.4 Å². The summed E-state index contributed by atoms with van der Waals surface area (Å²) in [7, 11) is 3.35. The average Bonchev–Trinajstić information content (AvgIpc) is 3.01.